The molecule has 0 aliphatic rings. The second kappa shape index (κ2) is 10.9. The third-order valence-corrected chi connectivity index (χ3v) is 5.98. The number of aryl methyl sites for hydroxylation is 1. The lowest BCUT2D eigenvalue weighted by Gasteiger charge is -2.12. The van der Waals surface area contributed by atoms with Crippen molar-refractivity contribution in [2.45, 2.75) is 20.3 Å². The molecule has 0 radical (unpaired) electrons. The molecule has 0 aliphatic heterocycles. The fourth-order valence-electron chi connectivity index (χ4n) is 3.42. The van der Waals surface area contributed by atoms with Gasteiger partial charge in [-0.3, -0.25) is 0 Å². The van der Waals surface area contributed by atoms with E-state index < -0.39 is 5.97 Å². The first-order valence-electron chi connectivity index (χ1n) is 11.0. The molecule has 2 heterocycles. The van der Waals surface area contributed by atoms with Crippen molar-refractivity contribution >= 4 is 23.1 Å². The molecule has 0 saturated carbocycles. The molecule has 4 aromatic rings. The predicted octanol–water partition coefficient (Wildman–Crippen LogP) is 5.42. The average molecular weight is 475 g/mol. The predicted molar refractivity (Wildman–Crippen MR) is 134 cm³/mol. The fraction of sp³-hybridized carbons (Fsp3) is 0.231. The molecule has 0 unspecified atom stereocenters. The van der Waals surface area contributed by atoms with Crippen LogP contribution < -0.4 is 10.1 Å². The number of ether oxygens (including phenoxy) is 2. The number of rotatable bonds is 9. The van der Waals surface area contributed by atoms with Gasteiger partial charge < -0.3 is 14.8 Å². The SMILES string of the molecule is CCOC(=O)c1cnc(-c2ccc(OC)cc2)nc1NCCc1ccc(-c2csc(C)n2)cc1. The molecule has 0 amide bonds. The number of hydrogen-bond acceptors (Lipinski definition) is 8. The zero-order chi connectivity index (χ0) is 23.9. The van der Waals surface area contributed by atoms with Gasteiger partial charge in [0.2, 0.25) is 0 Å². The molecule has 8 heteroatoms. The Labute approximate surface area is 202 Å². The van der Waals surface area contributed by atoms with Gasteiger partial charge >= 0.3 is 5.97 Å². The number of nitrogens with one attached hydrogen (secondary N) is 1. The number of benzene rings is 2. The molecule has 0 fully saturated rings. The largest absolute Gasteiger partial charge is 0.497 e. The van der Waals surface area contributed by atoms with Crippen LogP contribution in [0.15, 0.2) is 60.1 Å². The van der Waals surface area contributed by atoms with Gasteiger partial charge in [0.15, 0.2) is 5.82 Å². The van der Waals surface area contributed by atoms with Crippen LogP contribution in [-0.4, -0.2) is 41.2 Å². The number of hydrogen-bond donors (Lipinski definition) is 1. The van der Waals surface area contributed by atoms with Crippen LogP contribution in [-0.2, 0) is 11.2 Å². The van der Waals surface area contributed by atoms with E-state index in [2.05, 4.69) is 49.9 Å². The number of nitrogens with zero attached hydrogens (tertiary/aromatic N) is 3. The molecule has 0 bridgehead atoms. The van der Waals surface area contributed by atoms with Gasteiger partial charge in [-0.05, 0) is 50.1 Å². The number of esters is 1. The maximum atomic E-state index is 12.4. The van der Waals surface area contributed by atoms with E-state index in [1.54, 1.807) is 25.4 Å². The monoisotopic (exact) mass is 474 g/mol. The van der Waals surface area contributed by atoms with E-state index in [1.165, 1.54) is 11.8 Å². The van der Waals surface area contributed by atoms with E-state index in [-0.39, 0.29) is 6.61 Å². The summed E-state index contributed by atoms with van der Waals surface area (Å²) in [6, 6.07) is 15.8. The minimum absolute atomic E-state index is 0.281. The lowest BCUT2D eigenvalue weighted by molar-refractivity contribution is 0.0526. The number of aromatic nitrogens is 3. The van der Waals surface area contributed by atoms with E-state index in [1.807, 2.05) is 31.2 Å². The van der Waals surface area contributed by atoms with Crippen molar-refractivity contribution < 1.29 is 14.3 Å². The summed E-state index contributed by atoms with van der Waals surface area (Å²) in [5.41, 5.74) is 4.41. The number of methoxy groups -OCH3 is 1. The second-order valence-electron chi connectivity index (χ2n) is 7.53. The molecule has 0 spiro atoms. The highest BCUT2D eigenvalue weighted by Crippen LogP contribution is 2.24. The van der Waals surface area contributed by atoms with Crippen LogP contribution >= 0.6 is 11.3 Å². The van der Waals surface area contributed by atoms with Crippen LogP contribution in [0.2, 0.25) is 0 Å². The molecule has 0 aliphatic carbocycles. The van der Waals surface area contributed by atoms with Gasteiger partial charge in [-0.15, -0.1) is 11.3 Å². The van der Waals surface area contributed by atoms with Gasteiger partial charge in [-0.25, -0.2) is 19.7 Å². The Morgan fingerprint density at radius 2 is 1.76 bits per heavy atom. The molecule has 4 rings (SSSR count). The summed E-state index contributed by atoms with van der Waals surface area (Å²) in [4.78, 5) is 26.0. The molecular weight excluding hydrogens is 448 g/mol. The van der Waals surface area contributed by atoms with E-state index in [0.717, 1.165) is 34.0 Å². The van der Waals surface area contributed by atoms with Crippen LogP contribution in [0.3, 0.4) is 0 Å². The Bertz CT molecular complexity index is 1250. The molecule has 174 valence electrons. The van der Waals surface area contributed by atoms with Crippen molar-refractivity contribution in [1.82, 2.24) is 15.0 Å². The minimum Gasteiger partial charge on any atom is -0.497 e. The normalized spacial score (nSPS) is 10.7. The molecule has 2 aromatic carbocycles. The minimum atomic E-state index is -0.450. The summed E-state index contributed by atoms with van der Waals surface area (Å²) in [5, 5.41) is 6.42. The first-order chi connectivity index (χ1) is 16.6. The zero-order valence-electron chi connectivity index (χ0n) is 19.4. The van der Waals surface area contributed by atoms with Crippen molar-refractivity contribution in [1.29, 1.82) is 0 Å². The van der Waals surface area contributed by atoms with E-state index in [9.17, 15) is 4.79 Å². The number of carbonyl (C=O) groups is 1. The molecule has 0 atom stereocenters. The van der Waals surface area contributed by atoms with E-state index in [0.29, 0.717) is 23.8 Å². The Morgan fingerprint density at radius 1 is 1.03 bits per heavy atom. The highest BCUT2D eigenvalue weighted by molar-refractivity contribution is 7.09. The molecule has 7 nitrogen and oxygen atoms in total. The van der Waals surface area contributed by atoms with Crippen LogP contribution in [0.5, 0.6) is 5.75 Å². The average Bonchev–Trinajstić information content (AvgIpc) is 3.31. The summed E-state index contributed by atoms with van der Waals surface area (Å²) >= 11 is 1.65. The molecule has 1 N–H and O–H groups in total. The Morgan fingerprint density at radius 3 is 2.41 bits per heavy atom. The zero-order valence-corrected chi connectivity index (χ0v) is 20.2. The van der Waals surface area contributed by atoms with E-state index >= 15 is 0 Å². The fourth-order valence-corrected chi connectivity index (χ4v) is 4.04. The van der Waals surface area contributed by atoms with Crippen molar-refractivity contribution in [3.05, 3.63) is 76.2 Å². The van der Waals surface area contributed by atoms with Gasteiger partial charge in [0.05, 0.1) is 24.4 Å². The van der Waals surface area contributed by atoms with Crippen molar-refractivity contribution in [3.63, 3.8) is 0 Å². The lowest BCUT2D eigenvalue weighted by atomic mass is 10.1. The third-order valence-electron chi connectivity index (χ3n) is 5.21. The van der Waals surface area contributed by atoms with Gasteiger partial charge in [-0.1, -0.05) is 24.3 Å². The van der Waals surface area contributed by atoms with Gasteiger partial charge in [-0.2, -0.15) is 0 Å². The maximum absolute atomic E-state index is 12.4. The van der Waals surface area contributed by atoms with Crippen LogP contribution in [0, 0.1) is 6.92 Å². The molecule has 0 saturated heterocycles. The molecular formula is C26H26N4O3S. The third kappa shape index (κ3) is 5.58. The summed E-state index contributed by atoms with van der Waals surface area (Å²) in [6.07, 6.45) is 2.28. The van der Waals surface area contributed by atoms with Gasteiger partial charge in [0.1, 0.15) is 17.1 Å². The maximum Gasteiger partial charge on any atom is 0.343 e. The van der Waals surface area contributed by atoms with Crippen LogP contribution in [0.1, 0.15) is 27.9 Å². The van der Waals surface area contributed by atoms with Gasteiger partial charge in [0.25, 0.3) is 0 Å². The highest BCUT2D eigenvalue weighted by Gasteiger charge is 2.16. The summed E-state index contributed by atoms with van der Waals surface area (Å²) in [7, 11) is 1.62. The topological polar surface area (TPSA) is 86.2 Å². The van der Waals surface area contributed by atoms with Crippen molar-refractivity contribution in [2.75, 3.05) is 25.6 Å². The summed E-state index contributed by atoms with van der Waals surface area (Å²) in [5.74, 6) is 1.27. The van der Waals surface area contributed by atoms with Crippen molar-refractivity contribution in [3.8, 4) is 28.4 Å². The Balaban J connectivity index is 1.48. The molecule has 2 aromatic heterocycles. The number of carbonyl (C=O) groups excluding carboxylic acids is 1. The second-order valence-corrected chi connectivity index (χ2v) is 8.59. The number of thiazole rings is 1. The Kier molecular flexibility index (Phi) is 7.49. The van der Waals surface area contributed by atoms with Crippen LogP contribution in [0.25, 0.3) is 22.6 Å². The van der Waals surface area contributed by atoms with Gasteiger partial charge in [0, 0.05) is 29.2 Å². The van der Waals surface area contributed by atoms with Crippen LogP contribution in [0.4, 0.5) is 5.82 Å². The smallest absolute Gasteiger partial charge is 0.343 e. The summed E-state index contributed by atoms with van der Waals surface area (Å²) in [6.45, 7) is 4.66. The Hall–Kier alpha value is -3.78. The van der Waals surface area contributed by atoms with Crippen molar-refractivity contribution in [2.24, 2.45) is 0 Å². The molecule has 34 heavy (non-hydrogen) atoms. The van der Waals surface area contributed by atoms with E-state index in [4.69, 9.17) is 9.47 Å². The highest BCUT2D eigenvalue weighted by atomic mass is 32.1. The lowest BCUT2D eigenvalue weighted by Crippen LogP contribution is -2.14. The summed E-state index contributed by atoms with van der Waals surface area (Å²) < 4.78 is 10.4. The quantitative estimate of drug-likeness (QED) is 0.324. The first kappa shape index (κ1) is 23.4. The first-order valence-corrected chi connectivity index (χ1v) is 11.9. The standard InChI is InChI=1S/C26H26N4O3S/c1-4-33-26(31)22-15-28-24(20-9-11-21(32-3)12-10-20)30-25(22)27-14-13-18-5-7-19(8-6-18)23-16-34-17(2)29-23/h5-12,15-16H,4,13-14H2,1-3H3,(H,27,28,30). The number of anilines is 1.